The fraction of sp³-hybridized carbons (Fsp3) is 0.900. The molecule has 6 heteroatoms. The SMILES string of the molecule is COCCNCC(=O)NCC(C)(C)OC.Cl. The standard InChI is InChI=1S/C10H22N2O3.ClH/c1-10(2,15-4)8-12-9(13)7-11-5-6-14-3;/h11H,5-8H2,1-4H3,(H,12,13);1H. The van der Waals surface area contributed by atoms with Crippen molar-refractivity contribution in [2.75, 3.05) is 40.5 Å². The van der Waals surface area contributed by atoms with Crippen molar-refractivity contribution in [3.05, 3.63) is 0 Å². The van der Waals surface area contributed by atoms with E-state index in [1.54, 1.807) is 14.2 Å². The third-order valence-electron chi connectivity index (χ3n) is 2.03. The predicted octanol–water partition coefficient (Wildman–Crippen LogP) is 0.185. The van der Waals surface area contributed by atoms with Gasteiger partial charge in [0.15, 0.2) is 0 Å². The highest BCUT2D eigenvalue weighted by molar-refractivity contribution is 5.85. The van der Waals surface area contributed by atoms with Crippen molar-refractivity contribution in [3.8, 4) is 0 Å². The van der Waals surface area contributed by atoms with E-state index in [1.165, 1.54) is 0 Å². The third-order valence-corrected chi connectivity index (χ3v) is 2.03. The van der Waals surface area contributed by atoms with Gasteiger partial charge in [-0.2, -0.15) is 0 Å². The van der Waals surface area contributed by atoms with E-state index in [0.29, 0.717) is 26.2 Å². The zero-order chi connectivity index (χ0) is 11.7. The molecule has 5 nitrogen and oxygen atoms in total. The van der Waals surface area contributed by atoms with Gasteiger partial charge in [-0.15, -0.1) is 12.4 Å². The summed E-state index contributed by atoms with van der Waals surface area (Å²) >= 11 is 0. The summed E-state index contributed by atoms with van der Waals surface area (Å²) < 4.78 is 10.0. The van der Waals surface area contributed by atoms with E-state index in [2.05, 4.69) is 10.6 Å². The van der Waals surface area contributed by atoms with Crippen LogP contribution in [0.4, 0.5) is 0 Å². The Bertz CT molecular complexity index is 189. The van der Waals surface area contributed by atoms with Crippen molar-refractivity contribution in [1.82, 2.24) is 10.6 Å². The van der Waals surface area contributed by atoms with Gasteiger partial charge in [0, 0.05) is 27.3 Å². The Kier molecular flexibility index (Phi) is 11.1. The largest absolute Gasteiger partial charge is 0.383 e. The summed E-state index contributed by atoms with van der Waals surface area (Å²) in [7, 11) is 3.26. The van der Waals surface area contributed by atoms with Gasteiger partial charge in [-0.25, -0.2) is 0 Å². The molecule has 0 bridgehead atoms. The molecule has 0 aliphatic heterocycles. The summed E-state index contributed by atoms with van der Waals surface area (Å²) in [4.78, 5) is 11.3. The van der Waals surface area contributed by atoms with E-state index in [9.17, 15) is 4.79 Å². The number of carbonyl (C=O) groups is 1. The Balaban J connectivity index is 0. The number of methoxy groups -OCH3 is 2. The fourth-order valence-corrected chi connectivity index (χ4v) is 0.822. The molecule has 0 aromatic rings. The van der Waals surface area contributed by atoms with Crippen LogP contribution in [0.15, 0.2) is 0 Å². The van der Waals surface area contributed by atoms with Crippen molar-refractivity contribution >= 4 is 18.3 Å². The van der Waals surface area contributed by atoms with Gasteiger partial charge in [-0.3, -0.25) is 4.79 Å². The summed E-state index contributed by atoms with van der Waals surface area (Å²) in [6, 6.07) is 0. The smallest absolute Gasteiger partial charge is 0.234 e. The van der Waals surface area contributed by atoms with E-state index in [4.69, 9.17) is 9.47 Å². The number of nitrogens with one attached hydrogen (secondary N) is 2. The van der Waals surface area contributed by atoms with E-state index >= 15 is 0 Å². The van der Waals surface area contributed by atoms with Crippen molar-refractivity contribution in [1.29, 1.82) is 0 Å². The Morgan fingerprint density at radius 2 is 1.94 bits per heavy atom. The minimum Gasteiger partial charge on any atom is -0.383 e. The van der Waals surface area contributed by atoms with Gasteiger partial charge in [0.25, 0.3) is 0 Å². The maximum Gasteiger partial charge on any atom is 0.234 e. The monoisotopic (exact) mass is 254 g/mol. The van der Waals surface area contributed by atoms with Crippen LogP contribution in [-0.4, -0.2) is 52.0 Å². The van der Waals surface area contributed by atoms with Gasteiger partial charge < -0.3 is 20.1 Å². The molecule has 98 valence electrons. The fourth-order valence-electron chi connectivity index (χ4n) is 0.822. The van der Waals surface area contributed by atoms with Crippen molar-refractivity contribution in [2.24, 2.45) is 0 Å². The second kappa shape index (κ2) is 9.84. The van der Waals surface area contributed by atoms with E-state index in [1.807, 2.05) is 13.8 Å². The molecule has 0 fully saturated rings. The molecule has 0 rings (SSSR count). The third kappa shape index (κ3) is 10.2. The maximum atomic E-state index is 11.3. The van der Waals surface area contributed by atoms with Crippen molar-refractivity contribution in [2.45, 2.75) is 19.4 Å². The van der Waals surface area contributed by atoms with Crippen molar-refractivity contribution in [3.63, 3.8) is 0 Å². The summed E-state index contributed by atoms with van der Waals surface area (Å²) in [6.45, 7) is 5.95. The highest BCUT2D eigenvalue weighted by atomic mass is 35.5. The Morgan fingerprint density at radius 1 is 1.31 bits per heavy atom. The molecular weight excluding hydrogens is 232 g/mol. The predicted molar refractivity (Wildman–Crippen MR) is 66.1 cm³/mol. The first-order valence-corrected chi connectivity index (χ1v) is 5.03. The molecule has 0 atom stereocenters. The Hall–Kier alpha value is -0.360. The number of carbonyl (C=O) groups excluding carboxylic acids is 1. The van der Waals surface area contributed by atoms with Gasteiger partial charge >= 0.3 is 0 Å². The van der Waals surface area contributed by atoms with Gasteiger partial charge in [0.2, 0.25) is 5.91 Å². The van der Waals surface area contributed by atoms with Gasteiger partial charge in [-0.05, 0) is 13.8 Å². The van der Waals surface area contributed by atoms with E-state index in [0.717, 1.165) is 0 Å². The maximum absolute atomic E-state index is 11.3. The average Bonchev–Trinajstić information content (AvgIpc) is 2.22. The lowest BCUT2D eigenvalue weighted by Gasteiger charge is -2.23. The number of hydrogen-bond donors (Lipinski definition) is 2. The second-order valence-corrected chi connectivity index (χ2v) is 3.91. The number of rotatable bonds is 8. The molecule has 0 saturated heterocycles. The summed E-state index contributed by atoms with van der Waals surface area (Å²) in [5.74, 6) is -0.0313. The quantitative estimate of drug-likeness (QED) is 0.607. The highest BCUT2D eigenvalue weighted by Crippen LogP contribution is 2.04. The van der Waals surface area contributed by atoms with Crippen LogP contribution in [0.1, 0.15) is 13.8 Å². The number of hydrogen-bond acceptors (Lipinski definition) is 4. The van der Waals surface area contributed by atoms with E-state index in [-0.39, 0.29) is 23.9 Å². The van der Waals surface area contributed by atoms with Gasteiger partial charge in [0.05, 0.1) is 18.8 Å². The minimum absolute atomic E-state index is 0. The molecule has 16 heavy (non-hydrogen) atoms. The van der Waals surface area contributed by atoms with Crippen LogP contribution < -0.4 is 10.6 Å². The number of halogens is 1. The zero-order valence-electron chi connectivity index (χ0n) is 10.5. The molecule has 0 aromatic heterocycles. The topological polar surface area (TPSA) is 59.6 Å². The first-order chi connectivity index (χ1) is 7.02. The molecule has 0 heterocycles. The molecule has 0 aliphatic rings. The Labute approximate surface area is 104 Å². The summed E-state index contributed by atoms with van der Waals surface area (Å²) in [5, 5.41) is 5.75. The van der Waals surface area contributed by atoms with Crippen LogP contribution in [-0.2, 0) is 14.3 Å². The lowest BCUT2D eigenvalue weighted by atomic mass is 10.1. The molecule has 2 N–H and O–H groups in total. The van der Waals surface area contributed by atoms with Gasteiger partial charge in [0.1, 0.15) is 0 Å². The van der Waals surface area contributed by atoms with Crippen LogP contribution in [0, 0.1) is 0 Å². The van der Waals surface area contributed by atoms with Crippen molar-refractivity contribution < 1.29 is 14.3 Å². The first kappa shape index (κ1) is 18.0. The molecule has 0 unspecified atom stereocenters. The zero-order valence-corrected chi connectivity index (χ0v) is 11.3. The lowest BCUT2D eigenvalue weighted by molar-refractivity contribution is -0.121. The van der Waals surface area contributed by atoms with E-state index < -0.39 is 0 Å². The van der Waals surface area contributed by atoms with Crippen LogP contribution in [0.3, 0.4) is 0 Å². The van der Waals surface area contributed by atoms with Gasteiger partial charge in [-0.1, -0.05) is 0 Å². The molecule has 0 saturated carbocycles. The molecule has 0 radical (unpaired) electrons. The molecule has 0 spiro atoms. The molecule has 0 aliphatic carbocycles. The second-order valence-electron chi connectivity index (χ2n) is 3.91. The molecule has 0 aromatic carbocycles. The lowest BCUT2D eigenvalue weighted by Crippen LogP contribution is -2.43. The number of amides is 1. The summed E-state index contributed by atoms with van der Waals surface area (Å²) in [6.07, 6.45) is 0. The van der Waals surface area contributed by atoms with Crippen LogP contribution in [0.2, 0.25) is 0 Å². The van der Waals surface area contributed by atoms with Crippen LogP contribution in [0.25, 0.3) is 0 Å². The molecular formula is C10H23ClN2O3. The van der Waals surface area contributed by atoms with Crippen LogP contribution >= 0.6 is 12.4 Å². The average molecular weight is 255 g/mol. The summed E-state index contributed by atoms with van der Waals surface area (Å²) in [5.41, 5.74) is -0.317. The Morgan fingerprint density at radius 3 is 2.44 bits per heavy atom. The normalized spacial score (nSPS) is 10.8. The number of ether oxygens (including phenoxy) is 2. The minimum atomic E-state index is -0.317. The highest BCUT2D eigenvalue weighted by Gasteiger charge is 2.16. The van der Waals surface area contributed by atoms with Crippen LogP contribution in [0.5, 0.6) is 0 Å². The molecule has 1 amide bonds. The first-order valence-electron chi connectivity index (χ1n) is 5.03.